The normalized spacial score (nSPS) is 13.1. The van der Waals surface area contributed by atoms with E-state index < -0.39 is 8.32 Å². The molecule has 0 aliphatic carbocycles. The van der Waals surface area contributed by atoms with Crippen LogP contribution in [-0.2, 0) is 4.43 Å². The highest BCUT2D eigenvalue weighted by molar-refractivity contribution is 6.69. The SMILES string of the molecule is C=CCCC=C(C)CO[Si](C)(C)C. The van der Waals surface area contributed by atoms with E-state index in [1.54, 1.807) is 0 Å². The van der Waals surface area contributed by atoms with E-state index >= 15 is 0 Å². The van der Waals surface area contributed by atoms with E-state index in [1.165, 1.54) is 5.57 Å². The fourth-order valence-corrected chi connectivity index (χ4v) is 1.50. The van der Waals surface area contributed by atoms with Crippen molar-refractivity contribution in [2.24, 2.45) is 0 Å². The van der Waals surface area contributed by atoms with Gasteiger partial charge in [-0.3, -0.25) is 0 Å². The molecule has 0 atom stereocenters. The Morgan fingerprint density at radius 3 is 2.38 bits per heavy atom. The second-order valence-electron chi connectivity index (χ2n) is 4.32. The third-order valence-electron chi connectivity index (χ3n) is 1.60. The van der Waals surface area contributed by atoms with Crippen LogP contribution in [-0.4, -0.2) is 14.9 Å². The molecule has 0 unspecified atom stereocenters. The van der Waals surface area contributed by atoms with Gasteiger partial charge in [-0.15, -0.1) is 6.58 Å². The van der Waals surface area contributed by atoms with Crippen molar-refractivity contribution in [3.63, 3.8) is 0 Å². The maximum Gasteiger partial charge on any atom is 0.184 e. The van der Waals surface area contributed by atoms with Gasteiger partial charge in [0.2, 0.25) is 0 Å². The molecule has 0 aliphatic heterocycles. The van der Waals surface area contributed by atoms with E-state index in [0.717, 1.165) is 19.4 Å². The van der Waals surface area contributed by atoms with Gasteiger partial charge >= 0.3 is 0 Å². The summed E-state index contributed by atoms with van der Waals surface area (Å²) in [7, 11) is -1.33. The number of unbranched alkanes of at least 4 members (excludes halogenated alkanes) is 1. The first-order chi connectivity index (χ1) is 5.95. The van der Waals surface area contributed by atoms with Gasteiger partial charge in [0, 0.05) is 0 Å². The topological polar surface area (TPSA) is 9.23 Å². The molecule has 0 aliphatic rings. The summed E-state index contributed by atoms with van der Waals surface area (Å²) in [6.07, 6.45) is 6.33. The summed E-state index contributed by atoms with van der Waals surface area (Å²) in [4.78, 5) is 0. The average Bonchev–Trinajstić information content (AvgIpc) is 2.00. The molecule has 0 saturated heterocycles. The molecule has 13 heavy (non-hydrogen) atoms. The Bertz CT molecular complexity index is 177. The third-order valence-corrected chi connectivity index (χ3v) is 2.61. The molecule has 76 valence electrons. The van der Waals surface area contributed by atoms with Crippen molar-refractivity contribution < 1.29 is 4.43 Å². The van der Waals surface area contributed by atoms with Crippen LogP contribution >= 0.6 is 0 Å². The van der Waals surface area contributed by atoms with Crippen molar-refractivity contribution >= 4 is 8.32 Å². The number of hydrogen-bond donors (Lipinski definition) is 0. The van der Waals surface area contributed by atoms with Crippen molar-refractivity contribution in [1.29, 1.82) is 0 Å². The molecule has 0 amide bonds. The zero-order chi connectivity index (χ0) is 10.3. The Hall–Kier alpha value is -0.343. The average molecular weight is 198 g/mol. The quantitative estimate of drug-likeness (QED) is 0.359. The van der Waals surface area contributed by atoms with E-state index in [4.69, 9.17) is 4.43 Å². The van der Waals surface area contributed by atoms with E-state index in [2.05, 4.69) is 39.2 Å². The van der Waals surface area contributed by atoms with Gasteiger partial charge in [-0.2, -0.15) is 0 Å². The molecule has 0 rings (SSSR count). The lowest BCUT2D eigenvalue weighted by atomic mass is 10.2. The summed E-state index contributed by atoms with van der Waals surface area (Å²) >= 11 is 0. The van der Waals surface area contributed by atoms with E-state index in [-0.39, 0.29) is 0 Å². The second-order valence-corrected chi connectivity index (χ2v) is 8.83. The van der Waals surface area contributed by atoms with Crippen molar-refractivity contribution in [1.82, 2.24) is 0 Å². The van der Waals surface area contributed by atoms with Gasteiger partial charge in [0.15, 0.2) is 8.32 Å². The largest absolute Gasteiger partial charge is 0.414 e. The van der Waals surface area contributed by atoms with E-state index in [9.17, 15) is 0 Å². The monoisotopic (exact) mass is 198 g/mol. The summed E-state index contributed by atoms with van der Waals surface area (Å²) < 4.78 is 5.77. The predicted molar refractivity (Wildman–Crippen MR) is 62.5 cm³/mol. The summed E-state index contributed by atoms with van der Waals surface area (Å²) in [5, 5.41) is 0. The Labute approximate surface area is 83.6 Å². The highest BCUT2D eigenvalue weighted by atomic mass is 28.4. The van der Waals surface area contributed by atoms with E-state index in [1.807, 2.05) is 6.08 Å². The lowest BCUT2D eigenvalue weighted by molar-refractivity contribution is 0.346. The molecule has 0 radical (unpaired) electrons. The van der Waals surface area contributed by atoms with Gasteiger partial charge in [0.25, 0.3) is 0 Å². The van der Waals surface area contributed by atoms with Crippen LogP contribution in [0.2, 0.25) is 19.6 Å². The minimum Gasteiger partial charge on any atom is -0.414 e. The van der Waals surface area contributed by atoms with Crippen LogP contribution in [0.15, 0.2) is 24.3 Å². The van der Waals surface area contributed by atoms with Crippen LogP contribution in [0.1, 0.15) is 19.8 Å². The molecular weight excluding hydrogens is 176 g/mol. The summed E-state index contributed by atoms with van der Waals surface area (Å²) in [6, 6.07) is 0. The zero-order valence-corrected chi connectivity index (χ0v) is 10.4. The molecule has 0 N–H and O–H groups in total. The third kappa shape index (κ3) is 9.57. The first-order valence-electron chi connectivity index (χ1n) is 4.86. The first kappa shape index (κ1) is 12.7. The Kier molecular flexibility index (Phi) is 6.00. The molecule has 2 heteroatoms. The number of allylic oxidation sites excluding steroid dienone is 2. The van der Waals surface area contributed by atoms with Crippen LogP contribution in [0.4, 0.5) is 0 Å². The summed E-state index contributed by atoms with van der Waals surface area (Å²) in [5.74, 6) is 0. The van der Waals surface area contributed by atoms with Crippen molar-refractivity contribution in [3.8, 4) is 0 Å². The molecular formula is C11H22OSi. The highest BCUT2D eigenvalue weighted by Gasteiger charge is 2.13. The minimum absolute atomic E-state index is 0.798. The van der Waals surface area contributed by atoms with Crippen LogP contribution < -0.4 is 0 Å². The fourth-order valence-electron chi connectivity index (χ4n) is 0.837. The Balaban J connectivity index is 3.66. The van der Waals surface area contributed by atoms with Gasteiger partial charge in [-0.05, 0) is 39.4 Å². The molecule has 0 aromatic carbocycles. The van der Waals surface area contributed by atoms with Crippen LogP contribution in [0.25, 0.3) is 0 Å². The molecule has 1 nitrogen and oxygen atoms in total. The molecule has 0 aromatic heterocycles. The highest BCUT2D eigenvalue weighted by Crippen LogP contribution is 2.06. The molecule has 0 heterocycles. The Morgan fingerprint density at radius 1 is 1.31 bits per heavy atom. The first-order valence-corrected chi connectivity index (χ1v) is 8.27. The van der Waals surface area contributed by atoms with Crippen LogP contribution in [0.5, 0.6) is 0 Å². The maximum atomic E-state index is 5.77. The lowest BCUT2D eigenvalue weighted by Gasteiger charge is -2.17. The van der Waals surface area contributed by atoms with Crippen molar-refractivity contribution in [2.45, 2.75) is 39.4 Å². The maximum absolute atomic E-state index is 5.77. The second kappa shape index (κ2) is 6.16. The number of rotatable bonds is 6. The van der Waals surface area contributed by atoms with Gasteiger partial charge in [-0.25, -0.2) is 0 Å². The molecule has 0 aromatic rings. The Morgan fingerprint density at radius 2 is 1.92 bits per heavy atom. The number of hydrogen-bond acceptors (Lipinski definition) is 1. The van der Waals surface area contributed by atoms with Gasteiger partial charge in [-0.1, -0.05) is 17.7 Å². The van der Waals surface area contributed by atoms with Crippen LogP contribution in [0, 0.1) is 0 Å². The lowest BCUT2D eigenvalue weighted by Crippen LogP contribution is -2.26. The fraction of sp³-hybridized carbons (Fsp3) is 0.636. The van der Waals surface area contributed by atoms with Gasteiger partial charge in [0.05, 0.1) is 6.61 Å². The van der Waals surface area contributed by atoms with Gasteiger partial charge < -0.3 is 4.43 Å². The smallest absolute Gasteiger partial charge is 0.184 e. The van der Waals surface area contributed by atoms with Crippen molar-refractivity contribution in [2.75, 3.05) is 6.61 Å². The predicted octanol–water partition coefficient (Wildman–Crippen LogP) is 3.75. The molecule has 0 spiro atoms. The van der Waals surface area contributed by atoms with Gasteiger partial charge in [0.1, 0.15) is 0 Å². The standard InChI is InChI=1S/C11H22OSi/c1-6-7-8-9-11(2)10-12-13(3,4)5/h6,9H,1,7-8,10H2,2-5H3. The zero-order valence-electron chi connectivity index (χ0n) is 9.39. The molecule has 0 bridgehead atoms. The molecule has 0 saturated carbocycles. The van der Waals surface area contributed by atoms with Crippen molar-refractivity contribution in [3.05, 3.63) is 24.3 Å². The summed E-state index contributed by atoms with van der Waals surface area (Å²) in [5.41, 5.74) is 1.34. The summed E-state index contributed by atoms with van der Waals surface area (Å²) in [6.45, 7) is 13.3. The van der Waals surface area contributed by atoms with Crippen LogP contribution in [0.3, 0.4) is 0 Å². The minimum atomic E-state index is -1.33. The molecule has 0 fully saturated rings. The van der Waals surface area contributed by atoms with E-state index in [0.29, 0.717) is 0 Å².